The van der Waals surface area contributed by atoms with E-state index in [9.17, 15) is 5.11 Å². The van der Waals surface area contributed by atoms with Crippen molar-refractivity contribution < 1.29 is 14.9 Å². The summed E-state index contributed by atoms with van der Waals surface area (Å²) in [5, 5.41) is 23.3. The molecule has 0 bridgehead atoms. The minimum Gasteiger partial charge on any atom is -0.507 e. The quantitative estimate of drug-likeness (QED) is 0.249. The van der Waals surface area contributed by atoms with Gasteiger partial charge in [0.15, 0.2) is 0 Å². The topological polar surface area (TPSA) is 61.7 Å². The summed E-state index contributed by atoms with van der Waals surface area (Å²) in [4.78, 5) is 0. The molecule has 30 heavy (non-hydrogen) atoms. The highest BCUT2D eigenvalue weighted by atomic mass is 32.1. The molecule has 166 valence electrons. The lowest BCUT2D eigenvalue weighted by Crippen LogP contribution is -2.28. The van der Waals surface area contributed by atoms with Crippen LogP contribution < -0.4 is 10.1 Å². The van der Waals surface area contributed by atoms with Crippen molar-refractivity contribution in [3.8, 4) is 11.5 Å². The summed E-state index contributed by atoms with van der Waals surface area (Å²) in [6.45, 7) is 11.2. The number of allylic oxidation sites excluding steroid dienone is 3. The SMILES string of the molecule is C=C(C)[C@@H]1CCC(C)=C[C@H]1c1c(O)cc(CCCCC)cc1OC(=S)NCCCO. The van der Waals surface area contributed by atoms with Gasteiger partial charge in [0, 0.05) is 24.6 Å². The van der Waals surface area contributed by atoms with Gasteiger partial charge >= 0.3 is 0 Å². The van der Waals surface area contributed by atoms with Crippen molar-refractivity contribution in [1.82, 2.24) is 5.32 Å². The Kier molecular flexibility index (Phi) is 9.86. The van der Waals surface area contributed by atoms with Gasteiger partial charge < -0.3 is 20.3 Å². The first-order chi connectivity index (χ1) is 14.4. The van der Waals surface area contributed by atoms with E-state index in [2.05, 4.69) is 38.7 Å². The molecule has 0 saturated heterocycles. The zero-order chi connectivity index (χ0) is 22.1. The van der Waals surface area contributed by atoms with Gasteiger partial charge in [0.2, 0.25) is 0 Å². The van der Waals surface area contributed by atoms with Crippen LogP contribution >= 0.6 is 12.2 Å². The molecule has 0 amide bonds. The van der Waals surface area contributed by atoms with Crippen LogP contribution in [0.15, 0.2) is 35.9 Å². The van der Waals surface area contributed by atoms with E-state index in [-0.39, 0.29) is 29.4 Å². The lowest BCUT2D eigenvalue weighted by Gasteiger charge is -2.32. The van der Waals surface area contributed by atoms with Crippen molar-refractivity contribution in [2.24, 2.45) is 5.92 Å². The van der Waals surface area contributed by atoms with Crippen LogP contribution in [0.4, 0.5) is 0 Å². The zero-order valence-corrected chi connectivity index (χ0v) is 19.5. The maximum Gasteiger partial charge on any atom is 0.262 e. The summed E-state index contributed by atoms with van der Waals surface area (Å²) in [6, 6.07) is 3.91. The van der Waals surface area contributed by atoms with Gasteiger partial charge in [0.1, 0.15) is 11.5 Å². The van der Waals surface area contributed by atoms with E-state index in [1.165, 1.54) is 5.57 Å². The van der Waals surface area contributed by atoms with E-state index < -0.39 is 0 Å². The molecule has 4 nitrogen and oxygen atoms in total. The number of phenols is 1. The number of aliphatic hydroxyl groups is 1. The molecule has 2 rings (SSSR count). The van der Waals surface area contributed by atoms with Crippen molar-refractivity contribution in [2.75, 3.05) is 13.2 Å². The number of ether oxygens (including phenoxy) is 1. The number of phenolic OH excluding ortho intramolecular Hbond substituents is 1. The van der Waals surface area contributed by atoms with E-state index in [1.54, 1.807) is 0 Å². The average molecular weight is 432 g/mol. The molecule has 3 N–H and O–H groups in total. The third kappa shape index (κ3) is 6.85. The van der Waals surface area contributed by atoms with Gasteiger partial charge in [-0.2, -0.15) is 0 Å². The average Bonchev–Trinajstić information content (AvgIpc) is 2.68. The number of benzene rings is 1. The number of aliphatic hydroxyl groups excluding tert-OH is 1. The van der Waals surface area contributed by atoms with Gasteiger partial charge in [-0.3, -0.25) is 0 Å². The van der Waals surface area contributed by atoms with Crippen LogP contribution in [0.1, 0.15) is 76.3 Å². The normalized spacial score (nSPS) is 18.6. The number of thiocarbonyl (C=S) groups is 1. The summed E-state index contributed by atoms with van der Waals surface area (Å²) in [6.07, 6.45) is 9.17. The number of unbranched alkanes of at least 4 members (excludes halogenated alkanes) is 2. The molecule has 0 saturated carbocycles. The number of hydrogen-bond acceptors (Lipinski definition) is 4. The Balaban J connectivity index is 2.41. The molecule has 0 aliphatic heterocycles. The summed E-state index contributed by atoms with van der Waals surface area (Å²) in [7, 11) is 0. The molecule has 0 aromatic heterocycles. The summed E-state index contributed by atoms with van der Waals surface area (Å²) in [5.74, 6) is 1.14. The first-order valence-electron chi connectivity index (χ1n) is 11.1. The molecule has 0 radical (unpaired) electrons. The zero-order valence-electron chi connectivity index (χ0n) is 18.7. The molecule has 1 aromatic rings. The molecule has 2 atom stereocenters. The molecule has 5 heteroatoms. The first kappa shape index (κ1) is 24.4. The van der Waals surface area contributed by atoms with Crippen LogP contribution in [0.2, 0.25) is 0 Å². The van der Waals surface area contributed by atoms with E-state index in [1.807, 2.05) is 12.1 Å². The fourth-order valence-electron chi connectivity index (χ4n) is 4.12. The van der Waals surface area contributed by atoms with Crippen LogP contribution in [0.5, 0.6) is 11.5 Å². The van der Waals surface area contributed by atoms with Gasteiger partial charge in [-0.05, 0) is 81.8 Å². The Morgan fingerprint density at radius 1 is 1.30 bits per heavy atom. The van der Waals surface area contributed by atoms with Crippen LogP contribution in [0, 0.1) is 5.92 Å². The van der Waals surface area contributed by atoms with Gasteiger partial charge in [0.05, 0.1) is 0 Å². The van der Waals surface area contributed by atoms with Gasteiger partial charge in [0.25, 0.3) is 5.17 Å². The molecule has 1 aromatic carbocycles. The predicted molar refractivity (Wildman–Crippen MR) is 128 cm³/mol. The van der Waals surface area contributed by atoms with E-state index in [0.717, 1.165) is 55.2 Å². The maximum absolute atomic E-state index is 11.1. The molecular formula is C25H37NO3S. The standard InChI is InChI=1S/C25H37NO3S/c1-5-6-7-9-19-15-22(28)24(21-14-18(4)10-11-20(21)17(2)3)23(16-19)29-25(30)26-12-8-13-27/h14-16,20-21,27-28H,2,5-13H2,1,3-4H3,(H,26,30)/t20-,21+/m0/s1. The number of hydrogen-bond donors (Lipinski definition) is 3. The lowest BCUT2D eigenvalue weighted by molar-refractivity contribution is 0.288. The Hall–Kier alpha value is -1.85. The van der Waals surface area contributed by atoms with Crippen LogP contribution in [-0.4, -0.2) is 28.5 Å². The molecular weight excluding hydrogens is 394 g/mol. The maximum atomic E-state index is 11.1. The van der Waals surface area contributed by atoms with Crippen molar-refractivity contribution in [1.29, 1.82) is 0 Å². The lowest BCUT2D eigenvalue weighted by atomic mass is 9.73. The van der Waals surface area contributed by atoms with Crippen molar-refractivity contribution in [3.63, 3.8) is 0 Å². The van der Waals surface area contributed by atoms with E-state index >= 15 is 0 Å². The fourth-order valence-corrected chi connectivity index (χ4v) is 4.31. The van der Waals surface area contributed by atoms with Crippen LogP contribution in [0.3, 0.4) is 0 Å². The van der Waals surface area contributed by atoms with Crippen molar-refractivity contribution in [3.05, 3.63) is 47.1 Å². The predicted octanol–water partition coefficient (Wildman–Crippen LogP) is 5.78. The van der Waals surface area contributed by atoms with Gasteiger partial charge in [-0.25, -0.2) is 0 Å². The molecule has 0 fully saturated rings. The molecule has 0 spiro atoms. The van der Waals surface area contributed by atoms with Crippen LogP contribution in [0.25, 0.3) is 0 Å². The highest BCUT2D eigenvalue weighted by Gasteiger charge is 2.31. The van der Waals surface area contributed by atoms with E-state index in [4.69, 9.17) is 22.1 Å². The monoisotopic (exact) mass is 431 g/mol. The number of nitrogens with one attached hydrogen (secondary N) is 1. The van der Waals surface area contributed by atoms with Crippen molar-refractivity contribution >= 4 is 17.4 Å². The van der Waals surface area contributed by atoms with Crippen molar-refractivity contribution in [2.45, 2.75) is 71.6 Å². The summed E-state index contributed by atoms with van der Waals surface area (Å²) >= 11 is 5.38. The highest BCUT2D eigenvalue weighted by Crippen LogP contribution is 2.47. The molecule has 1 aliphatic rings. The number of rotatable bonds is 10. The summed E-state index contributed by atoms with van der Waals surface area (Å²) < 4.78 is 6.06. The third-order valence-corrected chi connectivity index (χ3v) is 6.00. The second-order valence-corrected chi connectivity index (χ2v) is 8.78. The third-order valence-electron chi connectivity index (χ3n) is 5.77. The highest BCUT2D eigenvalue weighted by molar-refractivity contribution is 7.80. The summed E-state index contributed by atoms with van der Waals surface area (Å²) in [5.41, 5.74) is 4.28. The largest absolute Gasteiger partial charge is 0.507 e. The molecule has 0 unspecified atom stereocenters. The van der Waals surface area contributed by atoms with Gasteiger partial charge in [-0.1, -0.05) is 43.6 Å². The Bertz CT molecular complexity index is 772. The Morgan fingerprint density at radius 2 is 2.07 bits per heavy atom. The molecule has 0 heterocycles. The van der Waals surface area contributed by atoms with Crippen LogP contribution in [-0.2, 0) is 6.42 Å². The van der Waals surface area contributed by atoms with E-state index in [0.29, 0.717) is 18.7 Å². The fraction of sp³-hybridized carbons (Fsp3) is 0.560. The number of aryl methyl sites for hydroxylation is 1. The minimum absolute atomic E-state index is 0.0104. The smallest absolute Gasteiger partial charge is 0.262 e. The minimum atomic E-state index is 0.0104. The van der Waals surface area contributed by atoms with Gasteiger partial charge in [-0.15, -0.1) is 0 Å². The Morgan fingerprint density at radius 3 is 2.73 bits per heavy atom. The number of aromatic hydroxyl groups is 1. The Labute approximate surface area is 187 Å². The molecule has 1 aliphatic carbocycles. The second kappa shape index (κ2) is 12.1. The first-order valence-corrected chi connectivity index (χ1v) is 11.5. The second-order valence-electron chi connectivity index (χ2n) is 8.41.